The number of benzene rings is 2. The highest BCUT2D eigenvalue weighted by molar-refractivity contribution is 7.98. The number of aryl methyl sites for hydroxylation is 1. The van der Waals surface area contributed by atoms with Crippen molar-refractivity contribution in [3.05, 3.63) is 71.0 Å². The molecule has 174 valence electrons. The van der Waals surface area contributed by atoms with Crippen LogP contribution in [0.25, 0.3) is 5.82 Å². The van der Waals surface area contributed by atoms with E-state index >= 15 is 0 Å². The normalized spacial score (nSPS) is 11.4. The minimum atomic E-state index is -0.525. The second kappa shape index (κ2) is 10.2. The molecular weight excluding hydrogens is 456 g/mol. The molecule has 4 aromatic rings. The summed E-state index contributed by atoms with van der Waals surface area (Å²) >= 11 is 1.51. The predicted molar refractivity (Wildman–Crippen MR) is 127 cm³/mol. The van der Waals surface area contributed by atoms with Gasteiger partial charge >= 0.3 is 0 Å². The number of methoxy groups -OCH3 is 1. The van der Waals surface area contributed by atoms with Crippen LogP contribution in [-0.4, -0.2) is 44.0 Å². The molecule has 2 heterocycles. The molecule has 0 aliphatic carbocycles. The molecule has 0 aliphatic rings. The molecule has 0 aliphatic heterocycles. The Labute approximate surface area is 199 Å². The van der Waals surface area contributed by atoms with Gasteiger partial charge in [-0.15, -0.1) is 16.9 Å². The standard InChI is InChI=1S/C22H22N8O3S/c1-13-7-9-17(10-8-13)34-12-18-19(25-29-30(18)21-20(23)27-33-28-21)22(31)26-24-14(2)15-5-4-6-16(11-15)32-3/h4-11H,12H2,1-3H3,(H2,23,27)(H,26,31)/b24-14-. The van der Waals surface area contributed by atoms with Crippen LogP contribution >= 0.6 is 11.8 Å². The van der Waals surface area contributed by atoms with Gasteiger partial charge in [0.2, 0.25) is 11.6 Å². The average Bonchev–Trinajstić information content (AvgIpc) is 3.47. The van der Waals surface area contributed by atoms with Crippen molar-refractivity contribution in [3.63, 3.8) is 0 Å². The van der Waals surface area contributed by atoms with Gasteiger partial charge < -0.3 is 10.5 Å². The number of amides is 1. The fraction of sp³-hybridized carbons (Fsp3) is 0.182. The number of thioether (sulfide) groups is 1. The van der Waals surface area contributed by atoms with E-state index in [1.807, 2.05) is 55.5 Å². The maximum absolute atomic E-state index is 13.0. The largest absolute Gasteiger partial charge is 0.497 e. The second-order valence-electron chi connectivity index (χ2n) is 7.24. The SMILES string of the molecule is COc1cccc(/C(C)=N\NC(=O)c2nnn(-c3nonc3N)c2CSc2ccc(C)cc2)c1. The molecule has 4 rings (SSSR count). The molecule has 0 bridgehead atoms. The first kappa shape index (κ1) is 23.0. The summed E-state index contributed by atoms with van der Waals surface area (Å²) in [5, 5.41) is 19.7. The Morgan fingerprint density at radius 1 is 1.24 bits per heavy atom. The Morgan fingerprint density at radius 3 is 2.74 bits per heavy atom. The van der Waals surface area contributed by atoms with E-state index in [4.69, 9.17) is 15.1 Å². The van der Waals surface area contributed by atoms with Crippen molar-refractivity contribution < 1.29 is 14.2 Å². The van der Waals surface area contributed by atoms with E-state index in [9.17, 15) is 4.79 Å². The number of carbonyl (C=O) groups excluding carboxylic acids is 1. The van der Waals surface area contributed by atoms with Crippen LogP contribution in [0.4, 0.5) is 5.82 Å². The van der Waals surface area contributed by atoms with Crippen molar-refractivity contribution in [1.29, 1.82) is 0 Å². The van der Waals surface area contributed by atoms with Gasteiger partial charge in [0.15, 0.2) is 5.69 Å². The van der Waals surface area contributed by atoms with Crippen LogP contribution in [0.15, 0.2) is 63.2 Å². The number of anilines is 1. The van der Waals surface area contributed by atoms with Crippen LogP contribution in [0.5, 0.6) is 5.75 Å². The van der Waals surface area contributed by atoms with E-state index in [0.717, 1.165) is 16.0 Å². The third-order valence-corrected chi connectivity index (χ3v) is 5.91. The van der Waals surface area contributed by atoms with Gasteiger partial charge in [0.05, 0.1) is 18.5 Å². The number of carbonyl (C=O) groups is 1. The number of nitrogens with zero attached hydrogens (tertiary/aromatic N) is 6. The summed E-state index contributed by atoms with van der Waals surface area (Å²) in [5.74, 6) is 0.718. The van der Waals surface area contributed by atoms with Crippen LogP contribution in [0.1, 0.15) is 34.2 Å². The van der Waals surface area contributed by atoms with Gasteiger partial charge in [-0.05, 0) is 48.4 Å². The van der Waals surface area contributed by atoms with Crippen LogP contribution in [0, 0.1) is 6.92 Å². The van der Waals surface area contributed by atoms with Crippen molar-refractivity contribution in [2.24, 2.45) is 5.10 Å². The lowest BCUT2D eigenvalue weighted by atomic mass is 10.1. The highest BCUT2D eigenvalue weighted by atomic mass is 32.2. The number of hydrazone groups is 1. The third-order valence-electron chi connectivity index (χ3n) is 4.88. The summed E-state index contributed by atoms with van der Waals surface area (Å²) in [6.45, 7) is 3.80. The topological polar surface area (TPSA) is 146 Å². The quantitative estimate of drug-likeness (QED) is 0.222. The average molecular weight is 479 g/mol. The Kier molecular flexibility index (Phi) is 6.87. The van der Waals surface area contributed by atoms with Gasteiger partial charge in [0.1, 0.15) is 5.75 Å². The van der Waals surface area contributed by atoms with Gasteiger partial charge in [-0.3, -0.25) is 4.79 Å². The lowest BCUT2D eigenvalue weighted by Crippen LogP contribution is -2.21. The lowest BCUT2D eigenvalue weighted by Gasteiger charge is -2.07. The first-order valence-electron chi connectivity index (χ1n) is 10.2. The van der Waals surface area contributed by atoms with Crippen molar-refractivity contribution in [2.75, 3.05) is 12.8 Å². The van der Waals surface area contributed by atoms with E-state index in [1.165, 1.54) is 16.4 Å². The molecule has 3 N–H and O–H groups in total. The predicted octanol–water partition coefficient (Wildman–Crippen LogP) is 3.00. The fourth-order valence-electron chi connectivity index (χ4n) is 3.00. The van der Waals surface area contributed by atoms with Crippen molar-refractivity contribution >= 4 is 29.2 Å². The minimum Gasteiger partial charge on any atom is -0.497 e. The van der Waals surface area contributed by atoms with Gasteiger partial charge in [-0.2, -0.15) is 9.78 Å². The minimum absolute atomic E-state index is 0.0327. The molecule has 0 unspecified atom stereocenters. The molecule has 0 spiro atoms. The lowest BCUT2D eigenvalue weighted by molar-refractivity contribution is 0.0949. The van der Waals surface area contributed by atoms with Crippen molar-refractivity contribution in [3.8, 4) is 11.6 Å². The van der Waals surface area contributed by atoms with E-state index in [0.29, 0.717) is 22.9 Å². The fourth-order valence-corrected chi connectivity index (χ4v) is 3.89. The van der Waals surface area contributed by atoms with Crippen molar-refractivity contribution in [1.82, 2.24) is 30.7 Å². The van der Waals surface area contributed by atoms with E-state index in [-0.39, 0.29) is 17.3 Å². The molecule has 12 heteroatoms. The molecular formula is C22H22N8O3S. The number of hydrogen-bond acceptors (Lipinski definition) is 10. The molecule has 2 aromatic carbocycles. The summed E-state index contributed by atoms with van der Waals surface area (Å²) in [5.41, 5.74) is 11.5. The number of hydrogen-bond donors (Lipinski definition) is 2. The maximum Gasteiger partial charge on any atom is 0.293 e. The van der Waals surface area contributed by atoms with Crippen LogP contribution in [0.3, 0.4) is 0 Å². The Balaban J connectivity index is 1.59. The summed E-state index contributed by atoms with van der Waals surface area (Å²) < 4.78 is 11.3. The molecule has 2 aromatic heterocycles. The molecule has 0 saturated heterocycles. The highest BCUT2D eigenvalue weighted by Gasteiger charge is 2.24. The number of nitrogens with one attached hydrogen (secondary N) is 1. The molecule has 11 nitrogen and oxygen atoms in total. The third kappa shape index (κ3) is 5.07. The number of nitrogen functional groups attached to an aromatic ring is 1. The summed E-state index contributed by atoms with van der Waals surface area (Å²) in [6, 6.07) is 15.4. The molecule has 0 saturated carbocycles. The van der Waals surface area contributed by atoms with Crippen LogP contribution < -0.4 is 15.9 Å². The zero-order chi connectivity index (χ0) is 24.1. The number of nitrogens with two attached hydrogens (primary N) is 1. The molecule has 0 fully saturated rings. The first-order chi connectivity index (χ1) is 16.5. The molecule has 0 atom stereocenters. The van der Waals surface area contributed by atoms with Gasteiger partial charge in [0, 0.05) is 16.2 Å². The summed E-state index contributed by atoms with van der Waals surface area (Å²) in [6.07, 6.45) is 0. The van der Waals surface area contributed by atoms with E-state index < -0.39 is 5.91 Å². The smallest absolute Gasteiger partial charge is 0.293 e. The number of aromatic nitrogens is 5. The van der Waals surface area contributed by atoms with Crippen molar-refractivity contribution in [2.45, 2.75) is 24.5 Å². The maximum atomic E-state index is 13.0. The van der Waals surface area contributed by atoms with Gasteiger partial charge in [-0.1, -0.05) is 35.0 Å². The Hall–Kier alpha value is -4.19. The van der Waals surface area contributed by atoms with Crippen LogP contribution in [-0.2, 0) is 5.75 Å². The van der Waals surface area contributed by atoms with Gasteiger partial charge in [-0.25, -0.2) is 10.1 Å². The first-order valence-corrected chi connectivity index (χ1v) is 11.2. The second-order valence-corrected chi connectivity index (χ2v) is 8.29. The molecule has 34 heavy (non-hydrogen) atoms. The van der Waals surface area contributed by atoms with Crippen LogP contribution in [0.2, 0.25) is 0 Å². The molecule has 1 amide bonds. The molecule has 0 radical (unpaired) electrons. The monoisotopic (exact) mass is 478 g/mol. The Morgan fingerprint density at radius 2 is 2.03 bits per heavy atom. The zero-order valence-corrected chi connectivity index (χ0v) is 19.5. The number of ether oxygens (including phenoxy) is 1. The van der Waals surface area contributed by atoms with E-state index in [1.54, 1.807) is 14.0 Å². The summed E-state index contributed by atoms with van der Waals surface area (Å²) in [7, 11) is 1.59. The Bertz CT molecular complexity index is 1330. The van der Waals surface area contributed by atoms with Gasteiger partial charge in [0.25, 0.3) is 5.91 Å². The highest BCUT2D eigenvalue weighted by Crippen LogP contribution is 2.26. The summed E-state index contributed by atoms with van der Waals surface area (Å²) in [4.78, 5) is 14.0. The number of rotatable bonds is 8. The van der Waals surface area contributed by atoms with E-state index in [2.05, 4.69) is 31.2 Å². The zero-order valence-electron chi connectivity index (χ0n) is 18.7.